The monoisotopic (exact) mass is 789 g/mol. The molecule has 4 rings (SSSR count). The highest BCUT2D eigenvalue weighted by atomic mass is 32.5. The molecular weight excluding hydrogens is 733 g/mol. The Labute approximate surface area is 324 Å². The Hall–Kier alpha value is -3.11. The zero-order valence-electron chi connectivity index (χ0n) is 31.8. The number of aromatic nitrogens is 3. The number of amides is 2. The summed E-state index contributed by atoms with van der Waals surface area (Å²) in [7, 11) is 0. The van der Waals surface area contributed by atoms with Crippen LogP contribution in [-0.2, 0) is 62.5 Å². The third-order valence-corrected chi connectivity index (χ3v) is 10.2. The molecule has 3 aromatic rings. The molecule has 16 heteroatoms. The summed E-state index contributed by atoms with van der Waals surface area (Å²) >= 11 is 4.95. The summed E-state index contributed by atoms with van der Waals surface area (Å²) < 4.78 is 34.9. The van der Waals surface area contributed by atoms with Gasteiger partial charge in [0, 0.05) is 30.5 Å². The number of para-hydroxylation sites is 1. The maximum absolute atomic E-state index is 13.1. The Balaban J connectivity index is 1.02. The summed E-state index contributed by atoms with van der Waals surface area (Å²) in [5, 5.41) is 12.0. The quantitative estimate of drug-likeness (QED) is 0.0762. The summed E-state index contributed by atoms with van der Waals surface area (Å²) in [5.74, 6) is 0.0157. The molecule has 0 saturated carbocycles. The average molecular weight is 790 g/mol. The van der Waals surface area contributed by atoms with Crippen LogP contribution >= 0.6 is 6.72 Å². The van der Waals surface area contributed by atoms with E-state index in [4.69, 9.17) is 39.8 Å². The lowest BCUT2D eigenvalue weighted by atomic mass is 9.95. The van der Waals surface area contributed by atoms with E-state index in [1.165, 1.54) is 0 Å². The van der Waals surface area contributed by atoms with Crippen LogP contribution in [0.25, 0.3) is 22.5 Å². The number of hydrogen-bond acceptors (Lipinski definition) is 11. The summed E-state index contributed by atoms with van der Waals surface area (Å²) in [4.78, 5) is 36.8. The summed E-state index contributed by atoms with van der Waals surface area (Å²) in [5.41, 5.74) is 5.40. The molecule has 2 aromatic carbocycles. The van der Waals surface area contributed by atoms with Crippen LogP contribution in [0, 0.1) is 0 Å². The zero-order chi connectivity index (χ0) is 38.6. The van der Waals surface area contributed by atoms with E-state index in [1.54, 1.807) is 13.8 Å². The third kappa shape index (κ3) is 14.5. The predicted molar refractivity (Wildman–Crippen MR) is 210 cm³/mol. The Morgan fingerprint density at radius 2 is 1.48 bits per heavy atom. The highest BCUT2D eigenvalue weighted by Gasteiger charge is 2.28. The van der Waals surface area contributed by atoms with Crippen LogP contribution in [0.15, 0.2) is 48.5 Å². The van der Waals surface area contributed by atoms with Crippen molar-refractivity contribution in [2.75, 3.05) is 70.9 Å². The molecule has 0 saturated heterocycles. The van der Waals surface area contributed by atoms with E-state index in [1.807, 2.05) is 65.0 Å². The van der Waals surface area contributed by atoms with Crippen molar-refractivity contribution in [3.8, 4) is 22.5 Å². The van der Waals surface area contributed by atoms with Gasteiger partial charge in [0.15, 0.2) is 0 Å². The molecular formula is C38H56N5O9PS. The normalized spacial score (nSPS) is 13.5. The van der Waals surface area contributed by atoms with Crippen LogP contribution in [0.1, 0.15) is 64.9 Å². The van der Waals surface area contributed by atoms with Crippen molar-refractivity contribution in [2.24, 2.45) is 0 Å². The fourth-order valence-electron chi connectivity index (χ4n) is 5.84. The maximum Gasteiger partial charge on any atom is 0.324 e. The van der Waals surface area contributed by atoms with Crippen molar-refractivity contribution in [3.05, 3.63) is 54.1 Å². The average Bonchev–Trinajstić information content (AvgIpc) is 3.56. The molecule has 1 unspecified atom stereocenters. The molecule has 2 amide bonds. The number of benzene rings is 2. The fourth-order valence-corrected chi connectivity index (χ4v) is 7.53. The van der Waals surface area contributed by atoms with Crippen LogP contribution in [-0.4, -0.2) is 104 Å². The maximum atomic E-state index is 13.1. The van der Waals surface area contributed by atoms with Gasteiger partial charge in [-0.3, -0.25) is 9.59 Å². The first-order chi connectivity index (χ1) is 26.2. The van der Waals surface area contributed by atoms with Gasteiger partial charge in [0.05, 0.1) is 90.0 Å². The molecule has 1 aromatic heterocycles. The first-order valence-electron chi connectivity index (χ1n) is 18.8. The van der Waals surface area contributed by atoms with E-state index in [2.05, 4.69) is 15.6 Å². The second-order valence-electron chi connectivity index (χ2n) is 12.9. The Bertz CT molecular complexity index is 1640. The molecule has 1 atom stereocenters. The number of anilines is 1. The van der Waals surface area contributed by atoms with Crippen LogP contribution in [0.4, 0.5) is 5.69 Å². The van der Waals surface area contributed by atoms with Crippen molar-refractivity contribution in [3.63, 3.8) is 0 Å². The minimum Gasteiger partial charge on any atom is -0.379 e. The van der Waals surface area contributed by atoms with Gasteiger partial charge in [0.25, 0.3) is 0 Å². The highest BCUT2D eigenvalue weighted by molar-refractivity contribution is 8.07. The van der Waals surface area contributed by atoms with Gasteiger partial charge < -0.3 is 43.1 Å². The van der Waals surface area contributed by atoms with Crippen LogP contribution in [0.2, 0.25) is 0 Å². The number of fused-ring (bicyclic) bond motifs is 5. The van der Waals surface area contributed by atoms with Gasteiger partial charge in [-0.1, -0.05) is 67.4 Å². The Kier molecular flexibility index (Phi) is 19.2. The second kappa shape index (κ2) is 23.7. The zero-order valence-corrected chi connectivity index (χ0v) is 33.5. The number of ether oxygens (including phenoxy) is 4. The Morgan fingerprint density at radius 3 is 2.19 bits per heavy atom. The topological polar surface area (TPSA) is 156 Å². The molecule has 0 bridgehead atoms. The first kappa shape index (κ1) is 43.6. The van der Waals surface area contributed by atoms with E-state index in [-0.39, 0.29) is 17.9 Å². The lowest BCUT2D eigenvalue weighted by molar-refractivity contribution is -0.122. The molecule has 0 spiro atoms. The number of nitrogens with one attached hydrogen (secondary N) is 1. The number of unbranched alkanes of at least 4 members (excludes halogenated alkanes) is 3. The molecule has 54 heavy (non-hydrogen) atoms. The van der Waals surface area contributed by atoms with Gasteiger partial charge in [-0.15, -0.1) is 5.10 Å². The van der Waals surface area contributed by atoms with Crippen molar-refractivity contribution < 1.29 is 42.5 Å². The van der Waals surface area contributed by atoms with Crippen LogP contribution in [0.3, 0.4) is 0 Å². The van der Waals surface area contributed by atoms with E-state index in [0.29, 0.717) is 91.9 Å². The molecule has 0 aliphatic carbocycles. The highest BCUT2D eigenvalue weighted by Crippen LogP contribution is 2.45. The van der Waals surface area contributed by atoms with Crippen molar-refractivity contribution >= 4 is 36.0 Å². The van der Waals surface area contributed by atoms with Gasteiger partial charge in [0.1, 0.15) is 5.69 Å². The molecule has 1 aliphatic heterocycles. The van der Waals surface area contributed by atoms with Crippen LogP contribution in [0.5, 0.6) is 0 Å². The minimum absolute atomic E-state index is 0.0410. The van der Waals surface area contributed by atoms with E-state index < -0.39 is 6.72 Å². The lowest BCUT2D eigenvalue weighted by Gasteiger charge is -2.28. The first-order valence-corrected chi connectivity index (χ1v) is 21.4. The van der Waals surface area contributed by atoms with Gasteiger partial charge in [-0.25, -0.2) is 4.68 Å². The van der Waals surface area contributed by atoms with E-state index in [0.717, 1.165) is 59.4 Å². The summed E-state index contributed by atoms with van der Waals surface area (Å²) in [6, 6.07) is 16.0. The number of hydrogen-bond donors (Lipinski definition) is 2. The third-order valence-electron chi connectivity index (χ3n) is 8.42. The van der Waals surface area contributed by atoms with Crippen molar-refractivity contribution in [1.82, 2.24) is 20.3 Å². The lowest BCUT2D eigenvalue weighted by Crippen LogP contribution is -2.31. The van der Waals surface area contributed by atoms with Gasteiger partial charge in [-0.2, -0.15) is 0 Å². The summed E-state index contributed by atoms with van der Waals surface area (Å²) in [6.07, 6.45) is 4.02. The molecule has 2 heterocycles. The molecule has 1 aliphatic rings. The van der Waals surface area contributed by atoms with Gasteiger partial charge in [0.2, 0.25) is 11.8 Å². The standard InChI is InChI=1S/C38H56N5O9PS/c1-4-36(45)42-29-31-13-7-8-14-32(31)37-38(33-15-9-10-16-34(33)42)43(41-40-37)19-22-48-24-26-50-28-27-49-25-23-47-21-17-35(44)39-18-11-5-6-12-20-51-53(46,54)52-30(2)3/h7-10,13-16,30H,4-6,11-12,17-29H2,1-3H3,(H,39,44)(H,46,54). The number of carbonyl (C=O) groups is 2. The van der Waals surface area contributed by atoms with E-state index >= 15 is 0 Å². The van der Waals surface area contributed by atoms with Crippen molar-refractivity contribution in [2.45, 2.75) is 78.5 Å². The smallest absolute Gasteiger partial charge is 0.324 e. The van der Waals surface area contributed by atoms with Crippen LogP contribution < -0.4 is 10.2 Å². The SMILES string of the molecule is CCC(=O)N1Cc2ccccc2-c2nnn(CCOCCOCCOCCOCCC(=O)NCCCCCCOP(O)(=S)OC(C)C)c2-c2ccccc21. The van der Waals surface area contributed by atoms with E-state index in [9.17, 15) is 14.5 Å². The molecule has 298 valence electrons. The fraction of sp³-hybridized carbons (Fsp3) is 0.579. The molecule has 14 nitrogen and oxygen atoms in total. The predicted octanol–water partition coefficient (Wildman–Crippen LogP) is 5.66. The molecule has 2 N–H and O–H groups in total. The van der Waals surface area contributed by atoms with Gasteiger partial charge in [-0.05, 0) is 50.1 Å². The molecule has 0 fully saturated rings. The Morgan fingerprint density at radius 1 is 0.852 bits per heavy atom. The number of rotatable bonds is 26. The van der Waals surface area contributed by atoms with Gasteiger partial charge >= 0.3 is 6.72 Å². The summed E-state index contributed by atoms with van der Waals surface area (Å²) in [6.45, 7) is 7.56. The number of carbonyl (C=O) groups excluding carboxylic acids is 2. The van der Waals surface area contributed by atoms with Crippen molar-refractivity contribution in [1.29, 1.82) is 0 Å². The largest absolute Gasteiger partial charge is 0.379 e. The number of nitrogens with zero attached hydrogens (tertiary/aromatic N) is 4. The second-order valence-corrected chi connectivity index (χ2v) is 15.7. The molecule has 0 radical (unpaired) electrons. The minimum atomic E-state index is -3.14.